The first-order valence-electron chi connectivity index (χ1n) is 10.7. The van der Waals surface area contributed by atoms with Crippen molar-refractivity contribution in [3.8, 4) is 5.75 Å². The van der Waals surface area contributed by atoms with Gasteiger partial charge in [0.15, 0.2) is 0 Å². The minimum absolute atomic E-state index is 0.0398. The van der Waals surface area contributed by atoms with Crippen LogP contribution in [0.4, 0.5) is 11.5 Å². The number of aromatic amines is 1. The summed E-state index contributed by atoms with van der Waals surface area (Å²) in [6.45, 7) is 7.71. The zero-order valence-corrected chi connectivity index (χ0v) is 18.3. The molecule has 1 saturated heterocycles. The minimum atomic E-state index is -0.606. The number of fused-ring (bicyclic) bond motifs is 1. The Morgan fingerprint density at radius 3 is 2.81 bits per heavy atom. The summed E-state index contributed by atoms with van der Waals surface area (Å²) in [7, 11) is 0. The van der Waals surface area contributed by atoms with Crippen LogP contribution in [0.2, 0.25) is 0 Å². The third-order valence-electron chi connectivity index (χ3n) is 6.00. The zero-order chi connectivity index (χ0) is 22.0. The molecule has 0 unspecified atom stereocenters. The fourth-order valence-corrected chi connectivity index (χ4v) is 4.19. The number of nitrogens with two attached hydrogens (primary N) is 1. The predicted octanol–water partition coefficient (Wildman–Crippen LogP) is 3.24. The first kappa shape index (κ1) is 21.1. The van der Waals surface area contributed by atoms with Gasteiger partial charge in [0.05, 0.1) is 16.9 Å². The molecule has 164 valence electrons. The van der Waals surface area contributed by atoms with E-state index in [1.165, 1.54) is 0 Å². The molecular weight excluding hydrogens is 392 g/mol. The Bertz CT molecular complexity index is 1070. The highest BCUT2D eigenvalue weighted by Crippen LogP contribution is 2.36. The highest BCUT2D eigenvalue weighted by Gasteiger charge is 2.41. The highest BCUT2D eigenvalue weighted by atomic mass is 16.5. The number of amides is 1. The van der Waals surface area contributed by atoms with Crippen LogP contribution >= 0.6 is 0 Å². The fraction of sp³-hybridized carbons (Fsp3) is 0.435. The number of nitrogens with zero attached hydrogens (tertiary/aromatic N) is 3. The van der Waals surface area contributed by atoms with Gasteiger partial charge in [-0.2, -0.15) is 0 Å². The van der Waals surface area contributed by atoms with E-state index in [0.29, 0.717) is 32.5 Å². The van der Waals surface area contributed by atoms with Crippen LogP contribution in [0.5, 0.6) is 5.75 Å². The van der Waals surface area contributed by atoms with Crippen molar-refractivity contribution in [1.29, 1.82) is 0 Å². The maximum atomic E-state index is 13.2. The quantitative estimate of drug-likeness (QED) is 0.563. The highest BCUT2D eigenvalue weighted by molar-refractivity contribution is 5.96. The van der Waals surface area contributed by atoms with Crippen LogP contribution < -0.4 is 20.7 Å². The van der Waals surface area contributed by atoms with Gasteiger partial charge in [-0.3, -0.25) is 4.79 Å². The van der Waals surface area contributed by atoms with E-state index in [-0.39, 0.29) is 12.0 Å². The maximum Gasteiger partial charge on any atom is 0.232 e. The Kier molecular flexibility index (Phi) is 5.82. The van der Waals surface area contributed by atoms with Crippen molar-refractivity contribution in [2.45, 2.75) is 39.7 Å². The SMILES string of the molecule is Cc1c[nH]c2ncnc(N3CCC(CN)(C(=O)Nc4cccc(OC(C)C)c4)CC3)c12. The lowest BCUT2D eigenvalue weighted by atomic mass is 9.77. The number of nitrogens with one attached hydrogen (secondary N) is 2. The van der Waals surface area contributed by atoms with Crippen LogP contribution in [0.1, 0.15) is 32.3 Å². The van der Waals surface area contributed by atoms with E-state index in [2.05, 4.69) is 25.2 Å². The molecule has 8 heteroatoms. The van der Waals surface area contributed by atoms with Gasteiger partial charge in [0.2, 0.25) is 5.91 Å². The summed E-state index contributed by atoms with van der Waals surface area (Å²) >= 11 is 0. The smallest absolute Gasteiger partial charge is 0.232 e. The summed E-state index contributed by atoms with van der Waals surface area (Å²) in [4.78, 5) is 27.5. The van der Waals surface area contributed by atoms with Gasteiger partial charge in [-0.15, -0.1) is 0 Å². The van der Waals surface area contributed by atoms with Gasteiger partial charge in [0.1, 0.15) is 23.5 Å². The number of carbonyl (C=O) groups excluding carboxylic acids is 1. The summed E-state index contributed by atoms with van der Waals surface area (Å²) in [6, 6.07) is 7.49. The Balaban J connectivity index is 1.48. The number of aryl methyl sites for hydroxylation is 1. The lowest BCUT2D eigenvalue weighted by Crippen LogP contribution is -2.50. The van der Waals surface area contributed by atoms with Crippen LogP contribution in [0, 0.1) is 12.3 Å². The second kappa shape index (κ2) is 8.55. The maximum absolute atomic E-state index is 13.2. The van der Waals surface area contributed by atoms with Crippen LogP contribution in [0.3, 0.4) is 0 Å². The average molecular weight is 423 g/mol. The van der Waals surface area contributed by atoms with Gasteiger partial charge < -0.3 is 25.7 Å². The van der Waals surface area contributed by atoms with Gasteiger partial charge in [0, 0.05) is 37.6 Å². The first-order chi connectivity index (χ1) is 14.9. The minimum Gasteiger partial charge on any atom is -0.491 e. The molecule has 0 bridgehead atoms. The molecule has 0 spiro atoms. The van der Waals surface area contributed by atoms with Crippen molar-refractivity contribution in [1.82, 2.24) is 15.0 Å². The summed E-state index contributed by atoms with van der Waals surface area (Å²) in [6.07, 6.45) is 4.92. The van der Waals surface area contributed by atoms with Crippen LogP contribution in [0.15, 0.2) is 36.8 Å². The van der Waals surface area contributed by atoms with Crippen molar-refractivity contribution in [2.24, 2.45) is 11.1 Å². The second-order valence-corrected chi connectivity index (χ2v) is 8.51. The fourth-order valence-electron chi connectivity index (χ4n) is 4.19. The number of hydrogen-bond donors (Lipinski definition) is 3. The molecular formula is C23H30N6O2. The first-order valence-corrected chi connectivity index (χ1v) is 10.7. The number of rotatable bonds is 6. The van der Waals surface area contributed by atoms with Crippen molar-refractivity contribution >= 4 is 28.4 Å². The molecule has 1 aliphatic rings. The standard InChI is InChI=1S/C23H30N6O2/c1-15(2)31-18-6-4-5-17(11-18)28-22(30)23(13-24)7-9-29(10-8-23)21-19-16(3)12-25-20(19)26-14-27-21/h4-6,11-12,14-15H,7-10,13,24H2,1-3H3,(H,28,30)(H,25,26,27). The topological polar surface area (TPSA) is 109 Å². The van der Waals surface area contributed by atoms with E-state index in [1.807, 2.05) is 51.2 Å². The van der Waals surface area contributed by atoms with Crippen molar-refractivity contribution in [2.75, 3.05) is 29.9 Å². The van der Waals surface area contributed by atoms with Crippen LogP contribution in [-0.2, 0) is 4.79 Å². The van der Waals surface area contributed by atoms with Crippen LogP contribution in [0.25, 0.3) is 11.0 Å². The molecule has 1 aliphatic heterocycles. The van der Waals surface area contributed by atoms with E-state index < -0.39 is 5.41 Å². The normalized spacial score (nSPS) is 16.0. The molecule has 0 radical (unpaired) electrons. The van der Waals surface area contributed by atoms with Crippen molar-refractivity contribution in [3.63, 3.8) is 0 Å². The van der Waals surface area contributed by atoms with Gasteiger partial charge in [-0.1, -0.05) is 6.07 Å². The monoisotopic (exact) mass is 422 g/mol. The zero-order valence-electron chi connectivity index (χ0n) is 18.3. The number of aromatic nitrogens is 3. The van der Waals surface area contributed by atoms with E-state index in [4.69, 9.17) is 10.5 Å². The van der Waals surface area contributed by atoms with Gasteiger partial charge >= 0.3 is 0 Å². The van der Waals surface area contributed by atoms with Crippen molar-refractivity contribution < 1.29 is 9.53 Å². The lowest BCUT2D eigenvalue weighted by molar-refractivity contribution is -0.126. The molecule has 4 rings (SSSR count). The Morgan fingerprint density at radius 2 is 2.10 bits per heavy atom. The number of anilines is 2. The predicted molar refractivity (Wildman–Crippen MR) is 122 cm³/mol. The van der Waals surface area contributed by atoms with E-state index >= 15 is 0 Å². The molecule has 3 aromatic rings. The number of H-pyrrole nitrogens is 1. The Labute approximate surface area is 182 Å². The average Bonchev–Trinajstić information content (AvgIpc) is 3.15. The third kappa shape index (κ3) is 4.20. The van der Waals surface area contributed by atoms with E-state index in [0.717, 1.165) is 33.9 Å². The molecule has 31 heavy (non-hydrogen) atoms. The van der Waals surface area contributed by atoms with Crippen LogP contribution in [-0.4, -0.2) is 46.6 Å². The number of hydrogen-bond acceptors (Lipinski definition) is 6. The molecule has 4 N–H and O–H groups in total. The molecule has 2 aromatic heterocycles. The molecule has 0 saturated carbocycles. The van der Waals surface area contributed by atoms with E-state index in [9.17, 15) is 4.79 Å². The van der Waals surface area contributed by atoms with Gasteiger partial charge in [-0.25, -0.2) is 9.97 Å². The Morgan fingerprint density at radius 1 is 1.32 bits per heavy atom. The van der Waals surface area contributed by atoms with Gasteiger partial charge in [-0.05, 0) is 51.3 Å². The van der Waals surface area contributed by atoms with Crippen molar-refractivity contribution in [3.05, 3.63) is 42.4 Å². The summed E-state index contributed by atoms with van der Waals surface area (Å²) in [5.74, 6) is 1.61. The number of benzene rings is 1. The summed E-state index contributed by atoms with van der Waals surface area (Å²) < 4.78 is 5.74. The molecule has 0 aliphatic carbocycles. The number of piperidine rings is 1. The number of ether oxygens (including phenoxy) is 1. The van der Waals surface area contributed by atoms with Gasteiger partial charge in [0.25, 0.3) is 0 Å². The largest absolute Gasteiger partial charge is 0.491 e. The summed E-state index contributed by atoms with van der Waals surface area (Å²) in [5, 5.41) is 4.09. The molecule has 1 aromatic carbocycles. The third-order valence-corrected chi connectivity index (χ3v) is 6.00. The van der Waals surface area contributed by atoms with E-state index in [1.54, 1.807) is 6.33 Å². The molecule has 1 amide bonds. The molecule has 8 nitrogen and oxygen atoms in total. The molecule has 3 heterocycles. The molecule has 1 fully saturated rings. The lowest BCUT2D eigenvalue weighted by Gasteiger charge is -2.40. The second-order valence-electron chi connectivity index (χ2n) is 8.51. The Hall–Kier alpha value is -3.13. The molecule has 0 atom stereocenters. The summed E-state index contributed by atoms with van der Waals surface area (Å²) in [5.41, 5.74) is 8.20. The number of carbonyl (C=O) groups is 1.